The fourth-order valence-corrected chi connectivity index (χ4v) is 1.95. The van der Waals surface area contributed by atoms with E-state index in [-0.39, 0.29) is 0 Å². The van der Waals surface area contributed by atoms with Crippen LogP contribution < -0.4 is 10.2 Å². The van der Waals surface area contributed by atoms with Crippen LogP contribution in [0.2, 0.25) is 0 Å². The Morgan fingerprint density at radius 2 is 2.10 bits per heavy atom. The molecule has 7 heteroatoms. The van der Waals surface area contributed by atoms with Crippen molar-refractivity contribution in [2.24, 2.45) is 0 Å². The Kier molecular flexibility index (Phi) is 4.49. The molecule has 0 saturated carbocycles. The third kappa shape index (κ3) is 2.87. The fourth-order valence-electron chi connectivity index (χ4n) is 1.95. The van der Waals surface area contributed by atoms with Gasteiger partial charge in [-0.05, 0) is 26.3 Å². The summed E-state index contributed by atoms with van der Waals surface area (Å²) in [5.41, 5.74) is 0. The minimum absolute atomic E-state index is 0.373. The Morgan fingerprint density at radius 3 is 2.65 bits per heavy atom. The number of hydrogen-bond acceptors (Lipinski definition) is 6. The highest BCUT2D eigenvalue weighted by molar-refractivity contribution is 5.40. The van der Waals surface area contributed by atoms with E-state index in [9.17, 15) is 0 Å². The van der Waals surface area contributed by atoms with E-state index in [4.69, 9.17) is 0 Å². The summed E-state index contributed by atoms with van der Waals surface area (Å²) in [5.74, 6) is 1.74. The van der Waals surface area contributed by atoms with Gasteiger partial charge in [0.1, 0.15) is 0 Å². The van der Waals surface area contributed by atoms with E-state index in [0.29, 0.717) is 23.9 Å². The molecule has 2 heterocycles. The topological polar surface area (TPSA) is 71.8 Å². The lowest BCUT2D eigenvalue weighted by Crippen LogP contribution is -2.34. The monoisotopic (exact) mass is 275 g/mol. The van der Waals surface area contributed by atoms with Crippen LogP contribution in [-0.2, 0) is 0 Å². The second-order valence-corrected chi connectivity index (χ2v) is 4.50. The van der Waals surface area contributed by atoms with E-state index in [2.05, 4.69) is 51.0 Å². The molecule has 0 fully saturated rings. The van der Waals surface area contributed by atoms with E-state index < -0.39 is 0 Å². The summed E-state index contributed by atoms with van der Waals surface area (Å²) in [4.78, 5) is 15.5. The Bertz CT molecular complexity index is 538. The molecule has 0 radical (unpaired) electrons. The van der Waals surface area contributed by atoms with Crippen molar-refractivity contribution in [3.8, 4) is 5.95 Å². The lowest BCUT2D eigenvalue weighted by atomic mass is 10.2. The maximum absolute atomic E-state index is 4.53. The second-order valence-electron chi connectivity index (χ2n) is 4.50. The van der Waals surface area contributed by atoms with E-state index in [1.165, 1.54) is 0 Å². The van der Waals surface area contributed by atoms with Crippen LogP contribution in [0.5, 0.6) is 0 Å². The molecule has 0 spiro atoms. The van der Waals surface area contributed by atoms with Gasteiger partial charge in [-0.15, -0.1) is 0 Å². The summed E-state index contributed by atoms with van der Waals surface area (Å²) in [6, 6.07) is 2.21. The molecular weight excluding hydrogens is 254 g/mol. The summed E-state index contributed by atoms with van der Waals surface area (Å²) in [5, 5.41) is 7.15. The lowest BCUT2D eigenvalue weighted by Gasteiger charge is -2.27. The summed E-state index contributed by atoms with van der Waals surface area (Å²) < 4.78 is 1.64. The Morgan fingerprint density at radius 1 is 1.30 bits per heavy atom. The van der Waals surface area contributed by atoms with E-state index in [1.807, 2.05) is 12.3 Å². The van der Waals surface area contributed by atoms with Gasteiger partial charge in [0, 0.05) is 32.0 Å². The predicted octanol–water partition coefficient (Wildman–Crippen LogP) is 1.72. The largest absolute Gasteiger partial charge is 0.357 e. The first-order valence-corrected chi connectivity index (χ1v) is 6.90. The highest BCUT2D eigenvalue weighted by Gasteiger charge is 2.17. The quantitative estimate of drug-likeness (QED) is 0.865. The Balaban J connectivity index is 2.44. The molecule has 2 rings (SSSR count). The number of nitrogens with zero attached hydrogens (tertiary/aromatic N) is 6. The minimum Gasteiger partial charge on any atom is -0.357 e. The molecule has 1 unspecified atom stereocenters. The molecule has 0 aliphatic heterocycles. The summed E-state index contributed by atoms with van der Waals surface area (Å²) >= 11 is 0. The van der Waals surface area contributed by atoms with Crippen molar-refractivity contribution < 1.29 is 0 Å². The molecule has 0 aromatic carbocycles. The average molecular weight is 275 g/mol. The summed E-state index contributed by atoms with van der Waals surface area (Å²) in [6.45, 7) is 7.27. The van der Waals surface area contributed by atoms with Crippen molar-refractivity contribution in [2.45, 2.75) is 33.2 Å². The van der Waals surface area contributed by atoms with Crippen LogP contribution in [0.25, 0.3) is 5.95 Å². The van der Waals surface area contributed by atoms with Gasteiger partial charge in [0.15, 0.2) is 0 Å². The first-order valence-electron chi connectivity index (χ1n) is 6.90. The molecule has 20 heavy (non-hydrogen) atoms. The minimum atomic E-state index is 0.373. The molecule has 0 bridgehead atoms. The van der Waals surface area contributed by atoms with E-state index >= 15 is 0 Å². The number of hydrogen-bond donors (Lipinski definition) is 1. The van der Waals surface area contributed by atoms with Gasteiger partial charge in [0.05, 0.1) is 0 Å². The van der Waals surface area contributed by atoms with Crippen molar-refractivity contribution in [2.75, 3.05) is 23.8 Å². The predicted molar refractivity (Wildman–Crippen MR) is 79.3 cm³/mol. The molecule has 0 aliphatic carbocycles. The Labute approximate surface area is 119 Å². The van der Waals surface area contributed by atoms with Crippen molar-refractivity contribution in [1.29, 1.82) is 0 Å². The number of rotatable bonds is 6. The van der Waals surface area contributed by atoms with Crippen LogP contribution in [0.4, 0.5) is 11.9 Å². The average Bonchev–Trinajstić information content (AvgIpc) is 3.01. The number of aromatic nitrogens is 5. The zero-order valence-electron chi connectivity index (χ0n) is 12.4. The molecule has 2 aromatic rings. The van der Waals surface area contributed by atoms with Crippen molar-refractivity contribution in [1.82, 2.24) is 24.7 Å². The van der Waals surface area contributed by atoms with Gasteiger partial charge in [0.25, 0.3) is 5.95 Å². The van der Waals surface area contributed by atoms with Gasteiger partial charge in [0.2, 0.25) is 11.9 Å². The van der Waals surface area contributed by atoms with Gasteiger partial charge in [-0.2, -0.15) is 20.1 Å². The van der Waals surface area contributed by atoms with Crippen LogP contribution in [0.15, 0.2) is 18.5 Å². The van der Waals surface area contributed by atoms with E-state index in [0.717, 1.165) is 13.0 Å². The van der Waals surface area contributed by atoms with Gasteiger partial charge in [-0.1, -0.05) is 6.92 Å². The highest BCUT2D eigenvalue weighted by atomic mass is 15.4. The van der Waals surface area contributed by atoms with Gasteiger partial charge >= 0.3 is 0 Å². The molecule has 108 valence electrons. The van der Waals surface area contributed by atoms with Crippen molar-refractivity contribution in [3.05, 3.63) is 18.5 Å². The number of anilines is 2. The van der Waals surface area contributed by atoms with E-state index in [1.54, 1.807) is 17.9 Å². The number of nitrogens with one attached hydrogen (secondary N) is 1. The molecule has 0 aliphatic rings. The lowest BCUT2D eigenvalue weighted by molar-refractivity contribution is 0.611. The van der Waals surface area contributed by atoms with Crippen LogP contribution in [0.1, 0.15) is 27.2 Å². The zero-order chi connectivity index (χ0) is 14.5. The maximum Gasteiger partial charge on any atom is 0.257 e. The van der Waals surface area contributed by atoms with Crippen LogP contribution in [0, 0.1) is 0 Å². The molecule has 1 atom stereocenters. The summed E-state index contributed by atoms with van der Waals surface area (Å²) in [6.07, 6.45) is 4.55. The van der Waals surface area contributed by atoms with Crippen LogP contribution in [-0.4, -0.2) is 44.4 Å². The first kappa shape index (κ1) is 14.2. The molecular formula is C13H21N7. The van der Waals surface area contributed by atoms with Crippen molar-refractivity contribution in [3.63, 3.8) is 0 Å². The third-order valence-corrected chi connectivity index (χ3v) is 3.27. The molecule has 0 saturated heterocycles. The normalized spacial score (nSPS) is 12.2. The van der Waals surface area contributed by atoms with Crippen LogP contribution in [0.3, 0.4) is 0 Å². The Hall–Kier alpha value is -2.18. The van der Waals surface area contributed by atoms with Gasteiger partial charge in [-0.3, -0.25) is 0 Å². The fraction of sp³-hybridized carbons (Fsp3) is 0.538. The standard InChI is InChI=1S/C13H21N7/c1-5-10(3)19(6-2)12-16-11(14-4)17-13(18-12)20-9-7-8-15-20/h7-10H,5-6H2,1-4H3,(H,14,16,17,18). The first-order chi connectivity index (χ1) is 9.69. The summed E-state index contributed by atoms with van der Waals surface area (Å²) in [7, 11) is 1.80. The van der Waals surface area contributed by atoms with Crippen LogP contribution >= 0.6 is 0 Å². The SMILES string of the molecule is CCC(C)N(CC)c1nc(NC)nc(-n2cccn2)n1. The van der Waals surface area contributed by atoms with Gasteiger partial charge < -0.3 is 10.2 Å². The van der Waals surface area contributed by atoms with Crippen molar-refractivity contribution >= 4 is 11.9 Å². The molecule has 7 nitrogen and oxygen atoms in total. The highest BCUT2D eigenvalue weighted by Crippen LogP contribution is 2.16. The maximum atomic E-state index is 4.53. The third-order valence-electron chi connectivity index (χ3n) is 3.27. The molecule has 1 N–H and O–H groups in total. The van der Waals surface area contributed by atoms with Gasteiger partial charge in [-0.25, -0.2) is 4.68 Å². The molecule has 2 aromatic heterocycles. The smallest absolute Gasteiger partial charge is 0.257 e. The molecule has 0 amide bonds. The second kappa shape index (κ2) is 6.31. The zero-order valence-corrected chi connectivity index (χ0v) is 12.4.